The minimum Gasteiger partial charge on any atom is -0.481 e. The summed E-state index contributed by atoms with van der Waals surface area (Å²) >= 11 is 0. The van der Waals surface area contributed by atoms with Crippen molar-refractivity contribution in [3.05, 3.63) is 0 Å². The van der Waals surface area contributed by atoms with Crippen LogP contribution in [0.2, 0.25) is 0 Å². The van der Waals surface area contributed by atoms with Crippen LogP contribution in [0.3, 0.4) is 0 Å². The van der Waals surface area contributed by atoms with Crippen molar-refractivity contribution in [1.82, 2.24) is 10.2 Å². The maximum atomic E-state index is 11.9. The van der Waals surface area contributed by atoms with E-state index in [9.17, 15) is 9.59 Å². The van der Waals surface area contributed by atoms with Gasteiger partial charge < -0.3 is 15.3 Å². The van der Waals surface area contributed by atoms with E-state index in [0.717, 1.165) is 12.5 Å². The Kier molecular flexibility index (Phi) is 4.58. The van der Waals surface area contributed by atoms with Crippen LogP contribution in [0, 0.1) is 11.8 Å². The molecular formula is C13H22N2O3. The molecule has 0 aromatic rings. The fourth-order valence-electron chi connectivity index (χ4n) is 2.40. The van der Waals surface area contributed by atoms with Crippen LogP contribution in [0.4, 0.5) is 0 Å². The summed E-state index contributed by atoms with van der Waals surface area (Å²) in [6, 6.07) is 0. The number of likely N-dealkylation sites (tertiary alicyclic amines) is 1. The van der Waals surface area contributed by atoms with Crippen LogP contribution in [-0.4, -0.2) is 48.1 Å². The lowest BCUT2D eigenvalue weighted by Gasteiger charge is -2.30. The lowest BCUT2D eigenvalue weighted by molar-refractivity contribution is -0.145. The molecule has 1 amide bonds. The van der Waals surface area contributed by atoms with E-state index in [-0.39, 0.29) is 11.8 Å². The maximum absolute atomic E-state index is 11.9. The molecule has 18 heavy (non-hydrogen) atoms. The molecule has 1 aliphatic carbocycles. The zero-order chi connectivity index (χ0) is 13.0. The number of aliphatic carboxylic acids is 1. The van der Waals surface area contributed by atoms with Gasteiger partial charge in [0.1, 0.15) is 0 Å². The van der Waals surface area contributed by atoms with E-state index >= 15 is 0 Å². The van der Waals surface area contributed by atoms with E-state index in [2.05, 4.69) is 5.32 Å². The first-order valence-electron chi connectivity index (χ1n) is 6.88. The number of piperidine rings is 1. The van der Waals surface area contributed by atoms with E-state index in [4.69, 9.17) is 5.11 Å². The highest BCUT2D eigenvalue weighted by molar-refractivity contribution is 5.78. The summed E-state index contributed by atoms with van der Waals surface area (Å²) in [4.78, 5) is 24.4. The Bertz CT molecular complexity index is 307. The molecule has 0 aromatic heterocycles. The van der Waals surface area contributed by atoms with Crippen molar-refractivity contribution >= 4 is 11.9 Å². The molecule has 0 unspecified atom stereocenters. The van der Waals surface area contributed by atoms with E-state index in [0.29, 0.717) is 32.5 Å². The van der Waals surface area contributed by atoms with E-state index in [1.165, 1.54) is 19.3 Å². The van der Waals surface area contributed by atoms with Gasteiger partial charge in [0.25, 0.3) is 0 Å². The van der Waals surface area contributed by atoms with Gasteiger partial charge in [-0.05, 0) is 31.7 Å². The molecule has 102 valence electrons. The second-order valence-electron chi connectivity index (χ2n) is 5.40. The van der Waals surface area contributed by atoms with Crippen molar-refractivity contribution < 1.29 is 14.7 Å². The van der Waals surface area contributed by atoms with Crippen molar-refractivity contribution in [2.75, 3.05) is 26.2 Å². The third kappa shape index (κ3) is 3.98. The number of nitrogens with zero attached hydrogens (tertiary/aromatic N) is 1. The van der Waals surface area contributed by atoms with Crippen LogP contribution < -0.4 is 5.32 Å². The normalized spacial score (nSPS) is 21.0. The van der Waals surface area contributed by atoms with Crippen molar-refractivity contribution in [2.45, 2.75) is 32.1 Å². The van der Waals surface area contributed by atoms with Gasteiger partial charge in [-0.25, -0.2) is 0 Å². The second-order valence-corrected chi connectivity index (χ2v) is 5.40. The first-order chi connectivity index (χ1) is 8.66. The summed E-state index contributed by atoms with van der Waals surface area (Å²) in [7, 11) is 0. The Morgan fingerprint density at radius 1 is 1.17 bits per heavy atom. The highest BCUT2D eigenvalue weighted by atomic mass is 16.4. The number of amides is 1. The molecule has 2 N–H and O–H groups in total. The molecule has 5 heteroatoms. The van der Waals surface area contributed by atoms with Gasteiger partial charge in [0.2, 0.25) is 5.91 Å². The molecule has 1 saturated heterocycles. The van der Waals surface area contributed by atoms with Crippen molar-refractivity contribution in [1.29, 1.82) is 0 Å². The zero-order valence-electron chi connectivity index (χ0n) is 10.7. The summed E-state index contributed by atoms with van der Waals surface area (Å²) in [6.07, 6.45) is 5.04. The van der Waals surface area contributed by atoms with Crippen LogP contribution in [0.25, 0.3) is 0 Å². The van der Waals surface area contributed by atoms with Crippen LogP contribution >= 0.6 is 0 Å². The lowest BCUT2D eigenvalue weighted by atomic mass is 9.97. The van der Waals surface area contributed by atoms with Crippen LogP contribution in [0.1, 0.15) is 32.1 Å². The average Bonchev–Trinajstić information content (AvgIpc) is 3.18. The molecule has 0 bridgehead atoms. The number of rotatable bonds is 6. The summed E-state index contributed by atoms with van der Waals surface area (Å²) in [5.41, 5.74) is 0. The Morgan fingerprint density at radius 2 is 1.83 bits per heavy atom. The molecule has 0 spiro atoms. The summed E-state index contributed by atoms with van der Waals surface area (Å²) in [5.74, 6) is -0.00455. The van der Waals surface area contributed by atoms with Gasteiger partial charge in [0.05, 0.1) is 12.5 Å². The number of carbonyl (C=O) groups excluding carboxylic acids is 1. The number of nitrogens with one attached hydrogen (secondary N) is 1. The Hall–Kier alpha value is -1.10. The van der Waals surface area contributed by atoms with Gasteiger partial charge in [-0.3, -0.25) is 9.59 Å². The van der Waals surface area contributed by atoms with Crippen LogP contribution in [0.15, 0.2) is 0 Å². The number of carboxylic acids is 1. The highest BCUT2D eigenvalue weighted by Gasteiger charge is 2.26. The molecule has 0 atom stereocenters. The number of carboxylic acid groups (broad SMARTS) is 1. The van der Waals surface area contributed by atoms with E-state index < -0.39 is 5.97 Å². The fourth-order valence-corrected chi connectivity index (χ4v) is 2.40. The van der Waals surface area contributed by atoms with Crippen molar-refractivity contribution in [3.63, 3.8) is 0 Å². The highest BCUT2D eigenvalue weighted by Crippen LogP contribution is 2.31. The maximum Gasteiger partial charge on any atom is 0.306 e. The van der Waals surface area contributed by atoms with Crippen LogP contribution in [-0.2, 0) is 9.59 Å². The predicted octanol–water partition coefficient (Wildman–Crippen LogP) is 0.699. The standard InChI is InChI=1S/C13H22N2O3/c16-12(9-14-6-3-10-1-2-10)15-7-4-11(5-8-15)13(17)18/h10-11,14H,1-9H2,(H,17,18). The van der Waals surface area contributed by atoms with Gasteiger partial charge in [0, 0.05) is 13.1 Å². The predicted molar refractivity (Wildman–Crippen MR) is 67.2 cm³/mol. The topological polar surface area (TPSA) is 69.6 Å². The van der Waals surface area contributed by atoms with Gasteiger partial charge in [0.15, 0.2) is 0 Å². The van der Waals surface area contributed by atoms with E-state index in [1.54, 1.807) is 4.90 Å². The molecule has 2 aliphatic rings. The van der Waals surface area contributed by atoms with Crippen LogP contribution in [0.5, 0.6) is 0 Å². The minimum atomic E-state index is -0.732. The smallest absolute Gasteiger partial charge is 0.306 e. The molecule has 5 nitrogen and oxygen atoms in total. The lowest BCUT2D eigenvalue weighted by Crippen LogP contribution is -2.44. The van der Waals surface area contributed by atoms with Crippen molar-refractivity contribution in [3.8, 4) is 0 Å². The molecule has 2 rings (SSSR count). The average molecular weight is 254 g/mol. The third-order valence-corrected chi connectivity index (χ3v) is 3.90. The molecular weight excluding hydrogens is 232 g/mol. The molecule has 0 aromatic carbocycles. The largest absolute Gasteiger partial charge is 0.481 e. The summed E-state index contributed by atoms with van der Waals surface area (Å²) < 4.78 is 0. The summed E-state index contributed by atoms with van der Waals surface area (Å²) in [5, 5.41) is 12.1. The monoisotopic (exact) mass is 254 g/mol. The Balaban J connectivity index is 1.59. The quantitative estimate of drug-likeness (QED) is 0.685. The molecule has 0 radical (unpaired) electrons. The van der Waals surface area contributed by atoms with Crippen molar-refractivity contribution in [2.24, 2.45) is 11.8 Å². The number of carbonyl (C=O) groups is 2. The second kappa shape index (κ2) is 6.18. The first-order valence-corrected chi connectivity index (χ1v) is 6.88. The van der Waals surface area contributed by atoms with Gasteiger partial charge in [-0.15, -0.1) is 0 Å². The first kappa shape index (κ1) is 13.3. The third-order valence-electron chi connectivity index (χ3n) is 3.90. The van der Waals surface area contributed by atoms with Gasteiger partial charge in [-0.2, -0.15) is 0 Å². The number of hydrogen-bond acceptors (Lipinski definition) is 3. The van der Waals surface area contributed by atoms with Gasteiger partial charge in [-0.1, -0.05) is 12.8 Å². The fraction of sp³-hybridized carbons (Fsp3) is 0.846. The molecule has 2 fully saturated rings. The summed E-state index contributed by atoms with van der Waals surface area (Å²) in [6.45, 7) is 2.48. The minimum absolute atomic E-state index is 0.106. The molecule has 1 saturated carbocycles. The van der Waals surface area contributed by atoms with Gasteiger partial charge >= 0.3 is 5.97 Å². The Labute approximate surface area is 108 Å². The van der Waals surface area contributed by atoms with E-state index in [1.807, 2.05) is 0 Å². The SMILES string of the molecule is O=C(O)C1CCN(C(=O)CNCCC2CC2)CC1. The Morgan fingerprint density at radius 3 is 2.39 bits per heavy atom. The molecule has 1 heterocycles. The molecule has 1 aliphatic heterocycles. The zero-order valence-corrected chi connectivity index (χ0v) is 10.7. The number of hydrogen-bond donors (Lipinski definition) is 2.